The van der Waals surface area contributed by atoms with Gasteiger partial charge in [0, 0.05) is 6.54 Å². The Bertz CT molecular complexity index is 631. The zero-order chi connectivity index (χ0) is 17.7. The van der Waals surface area contributed by atoms with Gasteiger partial charge in [-0.2, -0.15) is 5.26 Å². The van der Waals surface area contributed by atoms with Gasteiger partial charge in [0.2, 0.25) is 5.91 Å². The van der Waals surface area contributed by atoms with E-state index >= 15 is 0 Å². The number of nitrogens with zero attached hydrogens (tertiary/aromatic N) is 2. The molecule has 1 aliphatic heterocycles. The van der Waals surface area contributed by atoms with E-state index in [0.29, 0.717) is 13.0 Å². The van der Waals surface area contributed by atoms with E-state index in [1.54, 1.807) is 20.8 Å². The van der Waals surface area contributed by atoms with E-state index in [1.807, 2.05) is 30.3 Å². The maximum atomic E-state index is 12.5. The summed E-state index contributed by atoms with van der Waals surface area (Å²) in [6.07, 6.45) is 0.291. The molecule has 128 valence electrons. The molecule has 6 nitrogen and oxygen atoms in total. The Kier molecular flexibility index (Phi) is 5.45. The van der Waals surface area contributed by atoms with Crippen LogP contribution in [0, 0.1) is 11.3 Å². The van der Waals surface area contributed by atoms with Crippen LogP contribution in [0.2, 0.25) is 0 Å². The predicted octanol–water partition coefficient (Wildman–Crippen LogP) is 2.77. The summed E-state index contributed by atoms with van der Waals surface area (Å²) >= 11 is 0. The lowest BCUT2D eigenvalue weighted by molar-refractivity contribution is -0.131. The molecule has 1 aromatic carbocycles. The van der Waals surface area contributed by atoms with Crippen molar-refractivity contribution in [1.29, 1.82) is 5.26 Å². The molecule has 24 heavy (non-hydrogen) atoms. The number of carbonyl (C=O) groups excluding carboxylic acids is 2. The minimum Gasteiger partial charge on any atom is -0.444 e. The molecule has 1 aliphatic rings. The molecular formula is C18H23N3O3. The molecule has 2 amide bonds. The molecular weight excluding hydrogens is 306 g/mol. The summed E-state index contributed by atoms with van der Waals surface area (Å²) in [6.45, 7) is 5.87. The van der Waals surface area contributed by atoms with E-state index in [-0.39, 0.29) is 18.4 Å². The minimum absolute atomic E-state index is 0.176. The molecule has 6 heteroatoms. The average Bonchev–Trinajstić information content (AvgIpc) is 2.44. The number of carbonyl (C=O) groups is 2. The van der Waals surface area contributed by atoms with Crippen LogP contribution in [0.3, 0.4) is 0 Å². The lowest BCUT2D eigenvalue weighted by atomic mass is 10.00. The summed E-state index contributed by atoms with van der Waals surface area (Å²) in [5.74, 6) is -0.254. The number of benzene rings is 1. The van der Waals surface area contributed by atoms with Crippen LogP contribution in [0.15, 0.2) is 30.3 Å². The zero-order valence-electron chi connectivity index (χ0n) is 14.3. The smallest absolute Gasteiger partial charge is 0.410 e. The Hall–Kier alpha value is -2.55. The number of ether oxygens (including phenoxy) is 1. The molecule has 0 saturated carbocycles. The maximum Gasteiger partial charge on any atom is 0.410 e. The average molecular weight is 329 g/mol. The second-order valence-electron chi connectivity index (χ2n) is 6.81. The van der Waals surface area contributed by atoms with Crippen LogP contribution in [0.5, 0.6) is 0 Å². The van der Waals surface area contributed by atoms with Gasteiger partial charge in [-0.3, -0.25) is 9.69 Å². The third-order valence-electron chi connectivity index (χ3n) is 3.76. The van der Waals surface area contributed by atoms with E-state index < -0.39 is 17.7 Å². The van der Waals surface area contributed by atoms with Crippen LogP contribution in [0.4, 0.5) is 4.79 Å². The van der Waals surface area contributed by atoms with Crippen molar-refractivity contribution in [2.75, 3.05) is 6.54 Å². The number of nitrogens with one attached hydrogen (secondary N) is 1. The fourth-order valence-electron chi connectivity index (χ4n) is 2.50. The highest BCUT2D eigenvalue weighted by Crippen LogP contribution is 2.23. The molecule has 2 rings (SSSR count). The van der Waals surface area contributed by atoms with Gasteiger partial charge in [-0.05, 0) is 32.8 Å². The fourth-order valence-corrected chi connectivity index (χ4v) is 2.50. The van der Waals surface area contributed by atoms with Gasteiger partial charge in [-0.25, -0.2) is 4.79 Å². The van der Waals surface area contributed by atoms with Crippen molar-refractivity contribution >= 4 is 12.0 Å². The van der Waals surface area contributed by atoms with Crippen LogP contribution >= 0.6 is 0 Å². The molecule has 1 unspecified atom stereocenters. The van der Waals surface area contributed by atoms with Gasteiger partial charge in [-0.1, -0.05) is 30.3 Å². The van der Waals surface area contributed by atoms with E-state index in [2.05, 4.69) is 11.4 Å². The molecule has 1 N–H and O–H groups in total. The third-order valence-corrected chi connectivity index (χ3v) is 3.76. The summed E-state index contributed by atoms with van der Waals surface area (Å²) in [5, 5.41) is 11.9. The molecule has 0 spiro atoms. The van der Waals surface area contributed by atoms with Crippen LogP contribution in [0.25, 0.3) is 0 Å². The third kappa shape index (κ3) is 4.48. The van der Waals surface area contributed by atoms with Crippen molar-refractivity contribution in [3.8, 4) is 6.07 Å². The minimum atomic E-state index is -0.596. The first kappa shape index (κ1) is 17.8. The number of rotatable bonds is 4. The first-order chi connectivity index (χ1) is 11.3. The molecule has 1 fully saturated rings. The summed E-state index contributed by atoms with van der Waals surface area (Å²) < 4.78 is 5.31. The molecule has 0 bridgehead atoms. The Balaban J connectivity index is 2.00. The second kappa shape index (κ2) is 7.35. The van der Waals surface area contributed by atoms with Crippen molar-refractivity contribution in [3.63, 3.8) is 0 Å². The van der Waals surface area contributed by atoms with Crippen LogP contribution < -0.4 is 5.32 Å². The molecule has 0 aromatic heterocycles. The predicted molar refractivity (Wildman–Crippen MR) is 88.9 cm³/mol. The van der Waals surface area contributed by atoms with Crippen molar-refractivity contribution in [2.24, 2.45) is 0 Å². The quantitative estimate of drug-likeness (QED) is 0.921. The highest BCUT2D eigenvalue weighted by molar-refractivity contribution is 5.87. The first-order valence-electron chi connectivity index (χ1n) is 8.03. The van der Waals surface area contributed by atoms with Gasteiger partial charge in [-0.15, -0.1) is 0 Å². The van der Waals surface area contributed by atoms with Gasteiger partial charge < -0.3 is 10.1 Å². The van der Waals surface area contributed by atoms with Crippen molar-refractivity contribution < 1.29 is 14.3 Å². The van der Waals surface area contributed by atoms with E-state index in [0.717, 1.165) is 5.56 Å². The maximum absolute atomic E-state index is 12.5. The molecule has 1 heterocycles. The van der Waals surface area contributed by atoms with E-state index in [9.17, 15) is 9.59 Å². The Morgan fingerprint density at radius 3 is 2.54 bits per heavy atom. The Morgan fingerprint density at radius 2 is 2.04 bits per heavy atom. The van der Waals surface area contributed by atoms with Crippen molar-refractivity contribution in [3.05, 3.63) is 35.9 Å². The molecule has 0 aliphatic carbocycles. The van der Waals surface area contributed by atoms with Crippen LogP contribution in [-0.4, -0.2) is 35.1 Å². The highest BCUT2D eigenvalue weighted by atomic mass is 16.6. The fraction of sp³-hybridized carbons (Fsp3) is 0.500. The lowest BCUT2D eigenvalue weighted by Crippen LogP contribution is -2.59. The largest absolute Gasteiger partial charge is 0.444 e. The molecule has 0 radical (unpaired) electrons. The van der Waals surface area contributed by atoms with Gasteiger partial charge in [0.1, 0.15) is 11.6 Å². The Morgan fingerprint density at radius 1 is 1.38 bits per heavy atom. The van der Waals surface area contributed by atoms with Gasteiger partial charge in [0.15, 0.2) is 0 Å². The van der Waals surface area contributed by atoms with Crippen LogP contribution in [0.1, 0.15) is 45.2 Å². The molecule has 1 saturated heterocycles. The van der Waals surface area contributed by atoms with Crippen molar-refractivity contribution in [1.82, 2.24) is 10.2 Å². The molecule has 1 aromatic rings. The highest BCUT2D eigenvalue weighted by Gasteiger charge is 2.40. The standard InChI is InChI=1S/C18H23N3O3/c1-18(2,3)24-17(23)21-12-10-15(21)16(22)20-14(9-11-19)13-7-5-4-6-8-13/h4-8,14-15H,9-10,12H2,1-3H3,(H,20,22)/t14?,15-/m1/s1. The second-order valence-corrected chi connectivity index (χ2v) is 6.81. The summed E-state index contributed by atoms with van der Waals surface area (Å²) in [7, 11) is 0. The van der Waals surface area contributed by atoms with E-state index in [4.69, 9.17) is 10.00 Å². The van der Waals surface area contributed by atoms with E-state index in [1.165, 1.54) is 4.90 Å². The number of amides is 2. The number of nitriles is 1. The summed E-state index contributed by atoms with van der Waals surface area (Å²) in [4.78, 5) is 26.0. The number of likely N-dealkylation sites (tertiary alicyclic amines) is 1. The van der Waals surface area contributed by atoms with Crippen molar-refractivity contribution in [2.45, 2.75) is 51.3 Å². The Labute approximate surface area is 142 Å². The zero-order valence-corrected chi connectivity index (χ0v) is 14.3. The number of hydrogen-bond donors (Lipinski definition) is 1. The SMILES string of the molecule is CC(C)(C)OC(=O)N1CC[C@@H]1C(=O)NC(CC#N)c1ccccc1. The number of hydrogen-bond acceptors (Lipinski definition) is 4. The van der Waals surface area contributed by atoms with Gasteiger partial charge in [0.05, 0.1) is 18.5 Å². The van der Waals surface area contributed by atoms with Gasteiger partial charge >= 0.3 is 6.09 Å². The normalized spacial score (nSPS) is 18.1. The molecule has 2 atom stereocenters. The van der Waals surface area contributed by atoms with Crippen LogP contribution in [-0.2, 0) is 9.53 Å². The summed E-state index contributed by atoms with van der Waals surface area (Å²) in [6, 6.07) is 10.5. The first-order valence-corrected chi connectivity index (χ1v) is 8.03. The van der Waals surface area contributed by atoms with Gasteiger partial charge in [0.25, 0.3) is 0 Å². The summed E-state index contributed by atoms with van der Waals surface area (Å²) in [5.41, 5.74) is 0.275. The topological polar surface area (TPSA) is 82.4 Å². The monoisotopic (exact) mass is 329 g/mol. The lowest BCUT2D eigenvalue weighted by Gasteiger charge is -2.40.